The predicted molar refractivity (Wildman–Crippen MR) is 84.3 cm³/mol. The number of methoxy groups -OCH3 is 1. The van der Waals surface area contributed by atoms with E-state index in [0.717, 1.165) is 28.8 Å². The van der Waals surface area contributed by atoms with Gasteiger partial charge in [-0.3, -0.25) is 4.79 Å². The molecular formula is C16H22BrNO2. The van der Waals surface area contributed by atoms with Crippen molar-refractivity contribution in [3.05, 3.63) is 28.2 Å². The van der Waals surface area contributed by atoms with Crippen LogP contribution >= 0.6 is 15.9 Å². The lowest BCUT2D eigenvalue weighted by atomic mass is 9.97. The van der Waals surface area contributed by atoms with Gasteiger partial charge in [0.05, 0.1) is 11.6 Å². The molecule has 1 unspecified atom stereocenters. The van der Waals surface area contributed by atoms with E-state index in [1.807, 2.05) is 18.2 Å². The van der Waals surface area contributed by atoms with Crippen LogP contribution in [0.2, 0.25) is 0 Å². The van der Waals surface area contributed by atoms with E-state index in [-0.39, 0.29) is 0 Å². The molecule has 1 N–H and O–H groups in total. The Kier molecular flexibility index (Phi) is 6.05. The Morgan fingerprint density at radius 2 is 2.30 bits per heavy atom. The highest BCUT2D eigenvalue weighted by Gasteiger charge is 2.14. The van der Waals surface area contributed by atoms with Gasteiger partial charge in [0.2, 0.25) is 0 Å². The number of hydrogen-bond acceptors (Lipinski definition) is 3. The summed E-state index contributed by atoms with van der Waals surface area (Å²) in [5.74, 6) is 1.11. The van der Waals surface area contributed by atoms with Crippen LogP contribution in [0, 0.1) is 0 Å². The van der Waals surface area contributed by atoms with Crippen molar-refractivity contribution < 1.29 is 9.53 Å². The fraction of sp³-hybridized carbons (Fsp3) is 0.562. The third kappa shape index (κ3) is 4.60. The predicted octanol–water partition coefficient (Wildman–Crippen LogP) is 3.49. The number of rotatable bonds is 6. The topological polar surface area (TPSA) is 38.3 Å². The van der Waals surface area contributed by atoms with Crippen molar-refractivity contribution in [2.45, 2.75) is 44.6 Å². The number of piperidine rings is 1. The largest absolute Gasteiger partial charge is 0.496 e. The average Bonchev–Trinajstić information content (AvgIpc) is 2.46. The number of Topliss-reactive ketones (excluding diaryl/α,β-unsaturated/α-hetero) is 1. The standard InChI is InChI=1S/C16H22BrNO2/c1-20-16-8-5-12(11-15(16)17)10-14(19)7-6-13-4-2-3-9-18-13/h5,8,11,13,18H,2-4,6-7,9-10H2,1H3. The van der Waals surface area contributed by atoms with Crippen LogP contribution in [0.3, 0.4) is 0 Å². The lowest BCUT2D eigenvalue weighted by Gasteiger charge is -2.22. The third-order valence-electron chi connectivity index (χ3n) is 3.80. The number of carbonyl (C=O) groups is 1. The van der Waals surface area contributed by atoms with Gasteiger partial charge in [0, 0.05) is 18.9 Å². The fourth-order valence-corrected chi connectivity index (χ4v) is 3.23. The zero-order chi connectivity index (χ0) is 14.4. The summed E-state index contributed by atoms with van der Waals surface area (Å²) in [6, 6.07) is 6.36. The van der Waals surface area contributed by atoms with Crippen LogP contribution in [0.1, 0.15) is 37.7 Å². The second-order valence-electron chi connectivity index (χ2n) is 5.37. The molecule has 0 aliphatic carbocycles. The molecule has 0 aromatic heterocycles. The van der Waals surface area contributed by atoms with Crippen molar-refractivity contribution in [3.8, 4) is 5.75 Å². The number of hydrogen-bond donors (Lipinski definition) is 1. The van der Waals surface area contributed by atoms with Gasteiger partial charge in [-0.05, 0) is 59.4 Å². The second-order valence-corrected chi connectivity index (χ2v) is 6.22. The van der Waals surface area contributed by atoms with Gasteiger partial charge in [-0.25, -0.2) is 0 Å². The molecule has 1 saturated heterocycles. The van der Waals surface area contributed by atoms with Crippen LogP contribution in [0.15, 0.2) is 22.7 Å². The zero-order valence-corrected chi connectivity index (χ0v) is 13.5. The first kappa shape index (κ1) is 15.5. The van der Waals surface area contributed by atoms with E-state index in [0.29, 0.717) is 24.7 Å². The van der Waals surface area contributed by atoms with Gasteiger partial charge in [0.25, 0.3) is 0 Å². The van der Waals surface area contributed by atoms with Crippen molar-refractivity contribution in [2.75, 3.05) is 13.7 Å². The van der Waals surface area contributed by atoms with Crippen molar-refractivity contribution in [1.29, 1.82) is 0 Å². The first-order chi connectivity index (χ1) is 9.69. The van der Waals surface area contributed by atoms with Crippen LogP contribution in [0.4, 0.5) is 0 Å². The molecule has 1 aliphatic rings. The van der Waals surface area contributed by atoms with Crippen molar-refractivity contribution in [3.63, 3.8) is 0 Å². The number of ether oxygens (including phenoxy) is 1. The molecule has 0 amide bonds. The molecule has 1 atom stereocenters. The molecule has 1 aromatic rings. The van der Waals surface area contributed by atoms with Gasteiger partial charge in [-0.1, -0.05) is 12.5 Å². The molecule has 0 spiro atoms. The molecule has 1 aliphatic heterocycles. The summed E-state index contributed by atoms with van der Waals surface area (Å²) in [5, 5.41) is 3.49. The summed E-state index contributed by atoms with van der Waals surface area (Å²) in [4.78, 5) is 12.0. The van der Waals surface area contributed by atoms with Crippen LogP contribution in [-0.2, 0) is 11.2 Å². The molecule has 1 fully saturated rings. The maximum Gasteiger partial charge on any atom is 0.137 e. The Balaban J connectivity index is 1.80. The minimum Gasteiger partial charge on any atom is -0.496 e. The second kappa shape index (κ2) is 7.79. The smallest absolute Gasteiger partial charge is 0.137 e. The Morgan fingerprint density at radius 3 is 2.95 bits per heavy atom. The average molecular weight is 340 g/mol. The first-order valence-electron chi connectivity index (χ1n) is 7.26. The molecule has 2 rings (SSSR count). The summed E-state index contributed by atoms with van der Waals surface area (Å²) in [6.07, 6.45) is 5.91. The molecule has 1 heterocycles. The molecule has 0 saturated carbocycles. The van der Waals surface area contributed by atoms with Gasteiger partial charge in [0.1, 0.15) is 11.5 Å². The zero-order valence-electron chi connectivity index (χ0n) is 12.0. The fourth-order valence-electron chi connectivity index (χ4n) is 2.64. The van der Waals surface area contributed by atoms with Gasteiger partial charge >= 0.3 is 0 Å². The highest BCUT2D eigenvalue weighted by molar-refractivity contribution is 9.10. The number of benzene rings is 1. The molecule has 3 nitrogen and oxygen atoms in total. The maximum absolute atomic E-state index is 12.0. The van der Waals surface area contributed by atoms with Crippen molar-refractivity contribution >= 4 is 21.7 Å². The summed E-state index contributed by atoms with van der Waals surface area (Å²) < 4.78 is 6.09. The number of carbonyl (C=O) groups excluding carboxylic acids is 1. The number of ketones is 1. The van der Waals surface area contributed by atoms with Gasteiger partial charge in [-0.15, -0.1) is 0 Å². The molecule has 20 heavy (non-hydrogen) atoms. The Morgan fingerprint density at radius 1 is 1.45 bits per heavy atom. The van der Waals surface area contributed by atoms with Crippen LogP contribution < -0.4 is 10.1 Å². The monoisotopic (exact) mass is 339 g/mol. The molecule has 4 heteroatoms. The molecule has 110 valence electrons. The van der Waals surface area contributed by atoms with E-state index in [4.69, 9.17) is 4.74 Å². The van der Waals surface area contributed by atoms with Crippen LogP contribution in [0.25, 0.3) is 0 Å². The molecule has 1 aromatic carbocycles. The Hall–Kier alpha value is -0.870. The van der Waals surface area contributed by atoms with Crippen LogP contribution in [-0.4, -0.2) is 25.5 Å². The van der Waals surface area contributed by atoms with Gasteiger partial charge in [-0.2, -0.15) is 0 Å². The van der Waals surface area contributed by atoms with Gasteiger partial charge in [0.15, 0.2) is 0 Å². The lowest BCUT2D eigenvalue weighted by Crippen LogP contribution is -2.34. The maximum atomic E-state index is 12.0. The van der Waals surface area contributed by atoms with Gasteiger partial charge < -0.3 is 10.1 Å². The summed E-state index contributed by atoms with van der Waals surface area (Å²) in [5.41, 5.74) is 1.04. The minimum absolute atomic E-state index is 0.314. The van der Waals surface area contributed by atoms with E-state index in [1.54, 1.807) is 7.11 Å². The van der Waals surface area contributed by atoms with Crippen molar-refractivity contribution in [2.24, 2.45) is 0 Å². The SMILES string of the molecule is COc1ccc(CC(=O)CCC2CCCCN2)cc1Br. The van der Waals surface area contributed by atoms with E-state index in [9.17, 15) is 4.79 Å². The van der Waals surface area contributed by atoms with E-state index in [1.165, 1.54) is 19.3 Å². The van der Waals surface area contributed by atoms with E-state index in [2.05, 4.69) is 21.2 Å². The van der Waals surface area contributed by atoms with E-state index >= 15 is 0 Å². The lowest BCUT2D eigenvalue weighted by molar-refractivity contribution is -0.118. The number of halogens is 1. The summed E-state index contributed by atoms with van der Waals surface area (Å²) in [7, 11) is 1.64. The Labute approximate surface area is 129 Å². The summed E-state index contributed by atoms with van der Waals surface area (Å²) in [6.45, 7) is 1.10. The molecular weight excluding hydrogens is 318 g/mol. The molecule has 0 radical (unpaired) electrons. The first-order valence-corrected chi connectivity index (χ1v) is 8.06. The minimum atomic E-state index is 0.314. The number of nitrogens with one attached hydrogen (secondary N) is 1. The van der Waals surface area contributed by atoms with Crippen molar-refractivity contribution in [1.82, 2.24) is 5.32 Å². The molecule has 0 bridgehead atoms. The Bertz CT molecular complexity index is 456. The quantitative estimate of drug-likeness (QED) is 0.862. The van der Waals surface area contributed by atoms with Crippen LogP contribution in [0.5, 0.6) is 5.75 Å². The highest BCUT2D eigenvalue weighted by Crippen LogP contribution is 2.26. The third-order valence-corrected chi connectivity index (χ3v) is 4.42. The normalized spacial score (nSPS) is 18.8. The summed E-state index contributed by atoms with van der Waals surface area (Å²) >= 11 is 3.45. The van der Waals surface area contributed by atoms with E-state index < -0.39 is 0 Å². The highest BCUT2D eigenvalue weighted by atomic mass is 79.9.